The van der Waals surface area contributed by atoms with Crippen LogP contribution in [0.3, 0.4) is 0 Å². The molecule has 114 valence electrons. The number of hydrogen-bond donors (Lipinski definition) is 2. The monoisotopic (exact) mass is 286 g/mol. The van der Waals surface area contributed by atoms with E-state index in [4.69, 9.17) is 9.47 Å². The van der Waals surface area contributed by atoms with Crippen LogP contribution in [0.1, 0.15) is 39.5 Å². The Morgan fingerprint density at radius 3 is 2.50 bits per heavy atom. The van der Waals surface area contributed by atoms with Crippen LogP contribution in [0.15, 0.2) is 12.2 Å². The predicted octanol–water partition coefficient (Wildman–Crippen LogP) is 0.702. The molecule has 0 bridgehead atoms. The molecule has 0 aromatic carbocycles. The summed E-state index contributed by atoms with van der Waals surface area (Å²) in [6.07, 6.45) is 0.833. The zero-order chi connectivity index (χ0) is 15.1. The Kier molecular flexibility index (Phi) is 6.67. The highest BCUT2D eigenvalue weighted by molar-refractivity contribution is 5.82. The van der Waals surface area contributed by atoms with Gasteiger partial charge in [-0.25, -0.2) is 4.79 Å². The zero-order valence-electron chi connectivity index (χ0n) is 11.8. The fourth-order valence-electron chi connectivity index (χ4n) is 1.84. The summed E-state index contributed by atoms with van der Waals surface area (Å²) in [5.74, 6) is -1.03. The fourth-order valence-corrected chi connectivity index (χ4v) is 1.84. The first kappa shape index (κ1) is 16.7. The van der Waals surface area contributed by atoms with E-state index in [1.807, 2.05) is 0 Å². The summed E-state index contributed by atoms with van der Waals surface area (Å²) in [7, 11) is 0. The first-order valence-corrected chi connectivity index (χ1v) is 6.83. The van der Waals surface area contributed by atoms with Crippen molar-refractivity contribution in [2.75, 3.05) is 0 Å². The van der Waals surface area contributed by atoms with Crippen molar-refractivity contribution in [3.8, 4) is 0 Å². The Bertz CT molecular complexity index is 365. The molecule has 0 aromatic heterocycles. The minimum Gasteiger partial charge on any atom is -0.463 e. The Balaban J connectivity index is 2.71. The van der Waals surface area contributed by atoms with Crippen molar-refractivity contribution in [1.29, 1.82) is 0 Å². The van der Waals surface area contributed by atoms with Gasteiger partial charge in [-0.1, -0.05) is 0 Å². The summed E-state index contributed by atoms with van der Waals surface area (Å²) in [5, 5.41) is 19.4. The van der Waals surface area contributed by atoms with Gasteiger partial charge in [-0.15, -0.1) is 0 Å². The smallest absolute Gasteiger partial charge is 0.330 e. The van der Waals surface area contributed by atoms with E-state index in [0.717, 1.165) is 6.08 Å². The molecule has 0 saturated carbocycles. The number of cyclic esters (lactones) is 2. The van der Waals surface area contributed by atoms with Gasteiger partial charge < -0.3 is 19.7 Å². The molecule has 1 unspecified atom stereocenters. The molecule has 0 spiro atoms. The van der Waals surface area contributed by atoms with E-state index in [1.54, 1.807) is 13.8 Å². The molecule has 6 heteroatoms. The van der Waals surface area contributed by atoms with E-state index < -0.39 is 30.3 Å². The van der Waals surface area contributed by atoms with Crippen molar-refractivity contribution < 1.29 is 29.3 Å². The summed E-state index contributed by atoms with van der Waals surface area (Å²) in [6.45, 7) is 3.29. The Labute approximate surface area is 118 Å². The topological polar surface area (TPSA) is 93.1 Å². The first-order chi connectivity index (χ1) is 9.38. The van der Waals surface area contributed by atoms with Gasteiger partial charge in [-0.05, 0) is 39.2 Å². The Hall–Kier alpha value is -1.40. The van der Waals surface area contributed by atoms with E-state index in [2.05, 4.69) is 0 Å². The molecule has 20 heavy (non-hydrogen) atoms. The van der Waals surface area contributed by atoms with E-state index in [9.17, 15) is 19.8 Å². The quantitative estimate of drug-likeness (QED) is 0.637. The number of carbonyl (C=O) groups is 2. The average molecular weight is 286 g/mol. The van der Waals surface area contributed by atoms with Gasteiger partial charge in [-0.2, -0.15) is 0 Å². The molecule has 0 amide bonds. The summed E-state index contributed by atoms with van der Waals surface area (Å²) in [6, 6.07) is 0. The van der Waals surface area contributed by atoms with Gasteiger partial charge in [-0.3, -0.25) is 4.79 Å². The predicted molar refractivity (Wildman–Crippen MR) is 70.7 cm³/mol. The highest BCUT2D eigenvalue weighted by atomic mass is 16.6. The Morgan fingerprint density at radius 2 is 1.80 bits per heavy atom. The van der Waals surface area contributed by atoms with Crippen molar-refractivity contribution in [2.45, 2.75) is 63.9 Å². The van der Waals surface area contributed by atoms with Crippen LogP contribution in [0.4, 0.5) is 0 Å². The van der Waals surface area contributed by atoms with Crippen LogP contribution in [-0.2, 0) is 19.1 Å². The lowest BCUT2D eigenvalue weighted by molar-refractivity contribution is -0.151. The molecular weight excluding hydrogens is 264 g/mol. The van der Waals surface area contributed by atoms with E-state index in [-0.39, 0.29) is 18.9 Å². The van der Waals surface area contributed by atoms with Crippen LogP contribution >= 0.6 is 0 Å². The normalized spacial score (nSPS) is 35.6. The fraction of sp³-hybridized carbons (Fsp3) is 0.714. The molecule has 1 heterocycles. The third-order valence-corrected chi connectivity index (χ3v) is 3.14. The number of rotatable bonds is 0. The molecule has 4 atom stereocenters. The molecule has 0 fully saturated rings. The van der Waals surface area contributed by atoms with E-state index in [1.165, 1.54) is 6.08 Å². The van der Waals surface area contributed by atoms with Crippen molar-refractivity contribution in [3.05, 3.63) is 12.2 Å². The third kappa shape index (κ3) is 6.16. The SMILES string of the molecule is CC1CC[C@H](O)/C=C/C(=O)O[C@H](C)[C@H](O)CCC(=O)O1. The van der Waals surface area contributed by atoms with Crippen LogP contribution in [0.5, 0.6) is 0 Å². The number of aliphatic hydroxyl groups excluding tert-OH is 2. The van der Waals surface area contributed by atoms with Crippen molar-refractivity contribution in [2.24, 2.45) is 0 Å². The molecule has 1 rings (SSSR count). The molecule has 0 aliphatic carbocycles. The lowest BCUT2D eigenvalue weighted by Crippen LogP contribution is -2.29. The van der Waals surface area contributed by atoms with Crippen molar-refractivity contribution in [1.82, 2.24) is 0 Å². The number of hydrogen-bond acceptors (Lipinski definition) is 6. The molecule has 2 N–H and O–H groups in total. The number of esters is 2. The first-order valence-electron chi connectivity index (χ1n) is 6.83. The van der Waals surface area contributed by atoms with E-state index in [0.29, 0.717) is 12.8 Å². The van der Waals surface area contributed by atoms with Crippen LogP contribution in [0.25, 0.3) is 0 Å². The largest absolute Gasteiger partial charge is 0.463 e. The second-order valence-corrected chi connectivity index (χ2v) is 5.05. The van der Waals surface area contributed by atoms with Crippen LogP contribution in [0.2, 0.25) is 0 Å². The highest BCUT2D eigenvalue weighted by Gasteiger charge is 2.20. The van der Waals surface area contributed by atoms with Gasteiger partial charge >= 0.3 is 11.9 Å². The van der Waals surface area contributed by atoms with Gasteiger partial charge in [0.1, 0.15) is 6.10 Å². The molecule has 6 nitrogen and oxygen atoms in total. The molecular formula is C14H22O6. The minimum atomic E-state index is -0.928. The Morgan fingerprint density at radius 1 is 1.10 bits per heavy atom. The standard InChI is InChI=1S/C14H22O6/c1-9-3-4-11(15)5-7-14(18)20-10(2)12(16)6-8-13(17)19-9/h5,7,9-12,15-16H,3-4,6,8H2,1-2H3/b7-5+/t9?,10-,11+,12-/m1/s1. The summed E-state index contributed by atoms with van der Waals surface area (Å²) in [4.78, 5) is 23.0. The van der Waals surface area contributed by atoms with E-state index >= 15 is 0 Å². The second kappa shape index (κ2) is 8.01. The maximum atomic E-state index is 11.5. The van der Waals surface area contributed by atoms with Crippen LogP contribution < -0.4 is 0 Å². The minimum absolute atomic E-state index is 0.0613. The maximum absolute atomic E-state index is 11.5. The molecule has 1 aliphatic heterocycles. The van der Waals surface area contributed by atoms with Crippen LogP contribution in [0, 0.1) is 0 Å². The number of ether oxygens (including phenoxy) is 2. The zero-order valence-corrected chi connectivity index (χ0v) is 11.8. The average Bonchev–Trinajstić information content (AvgIpc) is 2.39. The van der Waals surface area contributed by atoms with Gasteiger partial charge in [0, 0.05) is 12.5 Å². The summed E-state index contributed by atoms with van der Waals surface area (Å²) in [5.41, 5.74) is 0. The molecule has 0 saturated heterocycles. The highest BCUT2D eigenvalue weighted by Crippen LogP contribution is 2.12. The summed E-state index contributed by atoms with van der Waals surface area (Å²) < 4.78 is 10.1. The third-order valence-electron chi connectivity index (χ3n) is 3.14. The lowest BCUT2D eigenvalue weighted by Gasteiger charge is -2.20. The molecule has 1 aliphatic rings. The lowest BCUT2D eigenvalue weighted by atomic mass is 10.1. The van der Waals surface area contributed by atoms with Crippen molar-refractivity contribution in [3.63, 3.8) is 0 Å². The van der Waals surface area contributed by atoms with Crippen molar-refractivity contribution >= 4 is 11.9 Å². The molecule has 0 radical (unpaired) electrons. The van der Waals surface area contributed by atoms with Crippen LogP contribution in [-0.4, -0.2) is 46.6 Å². The van der Waals surface area contributed by atoms with Gasteiger partial charge in [0.15, 0.2) is 0 Å². The second-order valence-electron chi connectivity index (χ2n) is 5.05. The number of aliphatic hydroxyl groups is 2. The van der Waals surface area contributed by atoms with Gasteiger partial charge in [0.25, 0.3) is 0 Å². The summed E-state index contributed by atoms with van der Waals surface area (Å²) >= 11 is 0. The number of carbonyl (C=O) groups excluding carboxylic acids is 2. The molecule has 0 aromatic rings. The maximum Gasteiger partial charge on any atom is 0.330 e. The van der Waals surface area contributed by atoms with Gasteiger partial charge in [0.2, 0.25) is 0 Å². The van der Waals surface area contributed by atoms with Gasteiger partial charge in [0.05, 0.1) is 18.3 Å².